The average Bonchev–Trinajstić information content (AvgIpc) is 3.14. The molecule has 5 aliphatic rings. The second-order valence-corrected chi connectivity index (χ2v) is 12.7. The number of likely N-dealkylation sites (tertiary alicyclic amines) is 1. The number of morpholine rings is 1. The molecule has 0 saturated carbocycles. The van der Waals surface area contributed by atoms with Crippen molar-refractivity contribution in [2.45, 2.75) is 53.9 Å². The Kier molecular flexibility index (Phi) is 8.69. The molecule has 5 fully saturated rings. The molecule has 5 heterocycles. The molecular weight excluding hydrogens is 454 g/mol. The maximum Gasteiger partial charge on any atom is 0.187 e. The van der Waals surface area contributed by atoms with Crippen LogP contribution in [-0.4, -0.2) is 113 Å². The van der Waals surface area contributed by atoms with Gasteiger partial charge in [-0.2, -0.15) is 0 Å². The van der Waals surface area contributed by atoms with Gasteiger partial charge in [0.25, 0.3) is 0 Å². The number of hydrogen-bond acceptors (Lipinski definition) is 10. The summed E-state index contributed by atoms with van der Waals surface area (Å²) in [5.74, 6) is 3.58. The van der Waals surface area contributed by atoms with Gasteiger partial charge >= 0.3 is 0 Å². The van der Waals surface area contributed by atoms with E-state index >= 15 is 0 Å². The third-order valence-electron chi connectivity index (χ3n) is 6.91. The molecule has 0 radical (unpaired) electrons. The van der Waals surface area contributed by atoms with Crippen molar-refractivity contribution < 1.29 is 18.9 Å². The van der Waals surface area contributed by atoms with Crippen LogP contribution in [0.5, 0.6) is 0 Å². The second-order valence-electron chi connectivity index (χ2n) is 8.78. The molecule has 0 aromatic rings. The van der Waals surface area contributed by atoms with Crippen LogP contribution in [0.25, 0.3) is 0 Å². The number of hydrogen-bond donors (Lipinski definition) is 0. The van der Waals surface area contributed by atoms with E-state index in [1.165, 1.54) is 56.7 Å². The maximum absolute atomic E-state index is 6.34. The molecule has 5 rings (SSSR count). The lowest BCUT2D eigenvalue weighted by molar-refractivity contribution is -0.349. The molecule has 0 N–H and O–H groups in total. The van der Waals surface area contributed by atoms with Crippen molar-refractivity contribution in [1.82, 2.24) is 14.9 Å². The average molecular weight is 492 g/mol. The number of thioether (sulfide) groups is 3. The number of hydrazine groups is 1. The highest BCUT2D eigenvalue weighted by Gasteiger charge is 2.63. The molecule has 5 saturated heterocycles. The van der Waals surface area contributed by atoms with Crippen molar-refractivity contribution in [3.05, 3.63) is 0 Å². The lowest BCUT2D eigenvalue weighted by atomic mass is 9.96. The molecule has 31 heavy (non-hydrogen) atoms. The summed E-state index contributed by atoms with van der Waals surface area (Å²) in [4.78, 5) is 2.78. The predicted molar refractivity (Wildman–Crippen MR) is 128 cm³/mol. The Labute approximate surface area is 199 Å². The molecule has 0 amide bonds. The Bertz CT molecular complexity index is 534. The first-order chi connectivity index (χ1) is 15.4. The second kappa shape index (κ2) is 11.5. The summed E-state index contributed by atoms with van der Waals surface area (Å²) >= 11 is 6.39. The van der Waals surface area contributed by atoms with Gasteiger partial charge in [0.2, 0.25) is 0 Å². The van der Waals surface area contributed by atoms with Crippen LogP contribution in [0.4, 0.5) is 0 Å². The molecule has 0 aromatic carbocycles. The molecular formula is C21H37N3O4S3. The van der Waals surface area contributed by atoms with Crippen LogP contribution in [0.15, 0.2) is 0 Å². The van der Waals surface area contributed by atoms with Crippen molar-refractivity contribution in [2.75, 3.05) is 76.8 Å². The minimum atomic E-state index is -0.284. The molecule has 0 aromatic heterocycles. The lowest BCUT2D eigenvalue weighted by Gasteiger charge is -2.62. The zero-order valence-corrected chi connectivity index (χ0v) is 20.9. The van der Waals surface area contributed by atoms with Crippen LogP contribution in [0.2, 0.25) is 0 Å². The molecule has 0 aliphatic carbocycles. The molecule has 5 aliphatic heterocycles. The van der Waals surface area contributed by atoms with E-state index in [2.05, 4.69) is 50.2 Å². The SMILES string of the molecule is C1CCCN(C2SCCN(N3CCOCC3)C2(C2OCOCO2)C2SCCCS2)CC1. The highest BCUT2D eigenvalue weighted by atomic mass is 32.2. The highest BCUT2D eigenvalue weighted by Crippen LogP contribution is 2.52. The van der Waals surface area contributed by atoms with E-state index in [0.717, 1.165) is 38.6 Å². The van der Waals surface area contributed by atoms with E-state index in [1.54, 1.807) is 0 Å². The minimum Gasteiger partial charge on any atom is -0.379 e. The largest absolute Gasteiger partial charge is 0.379 e. The van der Waals surface area contributed by atoms with Crippen LogP contribution >= 0.6 is 35.3 Å². The van der Waals surface area contributed by atoms with Gasteiger partial charge in [-0.15, -0.1) is 35.3 Å². The van der Waals surface area contributed by atoms with Gasteiger partial charge in [0.1, 0.15) is 5.54 Å². The number of nitrogens with zero attached hydrogens (tertiary/aromatic N) is 3. The van der Waals surface area contributed by atoms with Crippen molar-refractivity contribution in [3.8, 4) is 0 Å². The fourth-order valence-electron chi connectivity index (χ4n) is 5.53. The summed E-state index contributed by atoms with van der Waals surface area (Å²) in [6, 6.07) is 0. The molecule has 7 nitrogen and oxygen atoms in total. The first-order valence-electron chi connectivity index (χ1n) is 11.9. The molecule has 0 spiro atoms. The molecule has 2 unspecified atom stereocenters. The lowest BCUT2D eigenvalue weighted by Crippen LogP contribution is -2.78. The van der Waals surface area contributed by atoms with Crippen LogP contribution in [0, 0.1) is 0 Å². The Morgan fingerprint density at radius 1 is 0.677 bits per heavy atom. The smallest absolute Gasteiger partial charge is 0.187 e. The maximum atomic E-state index is 6.34. The van der Waals surface area contributed by atoms with Gasteiger partial charge in [-0.25, -0.2) is 10.0 Å². The first-order valence-corrected chi connectivity index (χ1v) is 15.1. The van der Waals surface area contributed by atoms with Gasteiger partial charge in [0, 0.05) is 25.4 Å². The monoisotopic (exact) mass is 491 g/mol. The van der Waals surface area contributed by atoms with Gasteiger partial charge in [-0.3, -0.25) is 4.90 Å². The summed E-state index contributed by atoms with van der Waals surface area (Å²) in [5, 5.41) is 5.60. The van der Waals surface area contributed by atoms with Crippen molar-refractivity contribution in [2.24, 2.45) is 0 Å². The number of rotatable bonds is 4. The van der Waals surface area contributed by atoms with Gasteiger partial charge < -0.3 is 18.9 Å². The van der Waals surface area contributed by atoms with E-state index in [0.29, 0.717) is 23.5 Å². The summed E-state index contributed by atoms with van der Waals surface area (Å²) in [7, 11) is 0. The van der Waals surface area contributed by atoms with Crippen LogP contribution in [-0.2, 0) is 18.9 Å². The van der Waals surface area contributed by atoms with E-state index in [1.807, 2.05) is 0 Å². The summed E-state index contributed by atoms with van der Waals surface area (Å²) in [5.41, 5.74) is -0.246. The zero-order chi connectivity index (χ0) is 20.9. The topological polar surface area (TPSA) is 46.6 Å². The summed E-state index contributed by atoms with van der Waals surface area (Å²) < 4.78 is 24.3. The molecule has 0 bridgehead atoms. The quantitative estimate of drug-likeness (QED) is 0.587. The summed E-state index contributed by atoms with van der Waals surface area (Å²) in [6.45, 7) is 7.55. The first kappa shape index (κ1) is 23.5. The van der Waals surface area contributed by atoms with E-state index in [4.69, 9.17) is 18.9 Å². The fourth-order valence-corrected chi connectivity index (χ4v) is 10.7. The molecule has 178 valence electrons. The highest BCUT2D eigenvalue weighted by molar-refractivity contribution is 8.17. The fraction of sp³-hybridized carbons (Fsp3) is 1.00. The van der Waals surface area contributed by atoms with Crippen molar-refractivity contribution in [1.29, 1.82) is 0 Å². The molecule has 10 heteroatoms. The zero-order valence-electron chi connectivity index (χ0n) is 18.5. The Hall–Kier alpha value is 0.770. The van der Waals surface area contributed by atoms with Gasteiger partial charge in [-0.05, 0) is 43.9 Å². The van der Waals surface area contributed by atoms with Gasteiger partial charge in [0.05, 0.1) is 23.2 Å². The standard InChI is InChI=1S/C21H37N3O4S3/c1-2-4-7-22(6-3-1)18-21(19-27-16-26-17-28-19,20-30-13-5-14-31-20)24(10-15-29-18)23-8-11-25-12-9-23/h18-20H,1-17H2. The third-order valence-corrected chi connectivity index (χ3v) is 11.5. The Morgan fingerprint density at radius 3 is 2.10 bits per heavy atom. The third kappa shape index (κ3) is 4.94. The molecule has 2 atom stereocenters. The summed E-state index contributed by atoms with van der Waals surface area (Å²) in [6.07, 6.45) is 6.30. The Morgan fingerprint density at radius 2 is 1.39 bits per heavy atom. The van der Waals surface area contributed by atoms with Gasteiger partial charge in [-0.1, -0.05) is 12.8 Å². The Balaban J connectivity index is 1.56. The minimum absolute atomic E-state index is 0.246. The van der Waals surface area contributed by atoms with Crippen LogP contribution < -0.4 is 0 Å². The van der Waals surface area contributed by atoms with Crippen molar-refractivity contribution in [3.63, 3.8) is 0 Å². The van der Waals surface area contributed by atoms with Crippen LogP contribution in [0.1, 0.15) is 32.1 Å². The predicted octanol–water partition coefficient (Wildman–Crippen LogP) is 2.72. The number of ether oxygens (including phenoxy) is 4. The van der Waals surface area contributed by atoms with Crippen LogP contribution in [0.3, 0.4) is 0 Å². The van der Waals surface area contributed by atoms with E-state index in [-0.39, 0.29) is 11.8 Å². The van der Waals surface area contributed by atoms with E-state index in [9.17, 15) is 0 Å². The van der Waals surface area contributed by atoms with Gasteiger partial charge in [0.15, 0.2) is 19.9 Å². The van der Waals surface area contributed by atoms with Crippen molar-refractivity contribution >= 4 is 35.3 Å². The normalized spacial score (nSPS) is 37.0. The van der Waals surface area contributed by atoms with E-state index < -0.39 is 0 Å².